The number of rotatable bonds is 8. The molecule has 1 heterocycles. The summed E-state index contributed by atoms with van der Waals surface area (Å²) in [5.74, 6) is 0. The van der Waals surface area contributed by atoms with Gasteiger partial charge in [0.15, 0.2) is 0 Å². The zero-order valence-electron chi connectivity index (χ0n) is 13.0. The first-order valence-corrected chi connectivity index (χ1v) is 7.56. The zero-order chi connectivity index (χ0) is 14.2. The number of hydrogen-bond acceptors (Lipinski definition) is 3. The van der Waals surface area contributed by atoms with Crippen LogP contribution in [0.4, 0.5) is 0 Å². The zero-order valence-corrected chi connectivity index (χ0v) is 14.6. The van der Waals surface area contributed by atoms with Crippen molar-refractivity contribution in [1.82, 2.24) is 14.7 Å². The van der Waals surface area contributed by atoms with Crippen molar-refractivity contribution in [2.75, 3.05) is 26.2 Å². The fourth-order valence-corrected chi connectivity index (χ4v) is 2.39. The van der Waals surface area contributed by atoms with Gasteiger partial charge in [-0.05, 0) is 31.6 Å². The van der Waals surface area contributed by atoms with Gasteiger partial charge in [-0.3, -0.25) is 0 Å². The SMILES string of the molecule is CCN(CC)CCCN1[C+]N(Cc2ccccc2)C=C1.[Br-]. The van der Waals surface area contributed by atoms with E-state index in [1.165, 1.54) is 12.0 Å². The summed E-state index contributed by atoms with van der Waals surface area (Å²) in [6, 6.07) is 10.5. The summed E-state index contributed by atoms with van der Waals surface area (Å²) in [4.78, 5) is 6.74. The Morgan fingerprint density at radius 2 is 1.67 bits per heavy atom. The van der Waals surface area contributed by atoms with Crippen LogP contribution in [0, 0.1) is 6.67 Å². The first kappa shape index (κ1) is 17.9. The molecule has 0 spiro atoms. The molecule has 0 aromatic heterocycles. The topological polar surface area (TPSA) is 9.72 Å². The molecule has 0 amide bonds. The molecular formula is C17H25BrN3. The normalized spacial score (nSPS) is 13.5. The highest BCUT2D eigenvalue weighted by Gasteiger charge is 2.30. The van der Waals surface area contributed by atoms with Crippen molar-refractivity contribution in [3.63, 3.8) is 0 Å². The second-order valence-corrected chi connectivity index (χ2v) is 5.09. The summed E-state index contributed by atoms with van der Waals surface area (Å²) < 4.78 is 0. The molecule has 0 bridgehead atoms. The van der Waals surface area contributed by atoms with Gasteiger partial charge in [0.25, 0.3) is 0 Å². The van der Waals surface area contributed by atoms with Gasteiger partial charge in [0, 0.05) is 0 Å². The fourth-order valence-electron chi connectivity index (χ4n) is 2.39. The standard InChI is InChI=1S/C17H25N3.BrH/c1-3-18(4-2)11-8-12-19-13-14-20(16-19)15-17-9-6-5-7-10-17;/h5-7,9-10,13-14H,3-4,8,11-12,15H2,1-2H3;1H/q+1;/p-1. The van der Waals surface area contributed by atoms with Gasteiger partial charge < -0.3 is 21.9 Å². The molecule has 0 fully saturated rings. The van der Waals surface area contributed by atoms with Crippen molar-refractivity contribution in [1.29, 1.82) is 0 Å². The van der Waals surface area contributed by atoms with Gasteiger partial charge in [0.2, 0.25) is 0 Å². The Morgan fingerprint density at radius 1 is 1.00 bits per heavy atom. The number of nitrogens with zero attached hydrogens (tertiary/aromatic N) is 3. The van der Waals surface area contributed by atoms with Crippen LogP contribution in [0.3, 0.4) is 0 Å². The average molecular weight is 351 g/mol. The molecule has 2 rings (SSSR count). The lowest BCUT2D eigenvalue weighted by Crippen LogP contribution is -3.00. The number of benzene rings is 1. The summed E-state index contributed by atoms with van der Waals surface area (Å²) >= 11 is 0. The van der Waals surface area contributed by atoms with Crippen LogP contribution in [0.1, 0.15) is 25.8 Å². The van der Waals surface area contributed by atoms with Crippen LogP contribution in [0.5, 0.6) is 0 Å². The molecule has 115 valence electrons. The molecule has 1 aromatic rings. The third kappa shape index (κ3) is 6.02. The van der Waals surface area contributed by atoms with Gasteiger partial charge in [-0.1, -0.05) is 44.2 Å². The maximum atomic E-state index is 3.39. The molecule has 0 aliphatic carbocycles. The molecule has 0 saturated carbocycles. The molecule has 1 radical (unpaired) electrons. The van der Waals surface area contributed by atoms with Gasteiger partial charge in [-0.15, -0.1) is 9.80 Å². The maximum Gasteiger partial charge on any atom is 0.564 e. The smallest absolute Gasteiger partial charge is 0.564 e. The first-order chi connectivity index (χ1) is 9.81. The Morgan fingerprint density at radius 3 is 2.33 bits per heavy atom. The van der Waals surface area contributed by atoms with E-state index in [4.69, 9.17) is 0 Å². The van der Waals surface area contributed by atoms with Gasteiger partial charge in [0.05, 0.1) is 25.5 Å². The fraction of sp³-hybridized carbons (Fsp3) is 0.471. The highest BCUT2D eigenvalue weighted by Crippen LogP contribution is 2.15. The van der Waals surface area contributed by atoms with Crippen LogP contribution in [0.15, 0.2) is 42.7 Å². The van der Waals surface area contributed by atoms with Gasteiger partial charge >= 0.3 is 6.67 Å². The van der Waals surface area contributed by atoms with Crippen LogP contribution in [0.25, 0.3) is 0 Å². The first-order valence-electron chi connectivity index (χ1n) is 7.56. The van der Waals surface area contributed by atoms with Gasteiger partial charge in [0.1, 0.15) is 0 Å². The number of hydrogen-bond donors (Lipinski definition) is 0. The van der Waals surface area contributed by atoms with E-state index in [1.807, 2.05) is 0 Å². The second-order valence-electron chi connectivity index (χ2n) is 5.09. The highest BCUT2D eigenvalue weighted by molar-refractivity contribution is 5.16. The molecule has 0 saturated heterocycles. The van der Waals surface area contributed by atoms with Crippen LogP contribution >= 0.6 is 0 Å². The van der Waals surface area contributed by atoms with Crippen LogP contribution < -0.4 is 17.0 Å². The molecule has 1 aliphatic rings. The third-order valence-electron chi connectivity index (χ3n) is 3.65. The Hall–Kier alpha value is -1.13. The van der Waals surface area contributed by atoms with E-state index in [2.05, 4.69) is 77.9 Å². The third-order valence-corrected chi connectivity index (χ3v) is 3.65. The summed E-state index contributed by atoms with van der Waals surface area (Å²) in [7, 11) is 0. The minimum atomic E-state index is 0. The molecule has 0 unspecified atom stereocenters. The predicted octanol–water partition coefficient (Wildman–Crippen LogP) is 0.00759. The Balaban J connectivity index is 0.00000220. The van der Waals surface area contributed by atoms with E-state index >= 15 is 0 Å². The summed E-state index contributed by atoms with van der Waals surface area (Å²) in [5, 5.41) is 0. The Bertz CT molecular complexity index is 404. The molecule has 4 heteroatoms. The minimum absolute atomic E-state index is 0. The lowest BCUT2D eigenvalue weighted by Gasteiger charge is -2.17. The van der Waals surface area contributed by atoms with Crippen LogP contribution in [-0.4, -0.2) is 40.9 Å². The summed E-state index contributed by atoms with van der Waals surface area (Å²) in [6.45, 7) is 13.2. The van der Waals surface area contributed by atoms with E-state index in [1.54, 1.807) is 0 Å². The van der Waals surface area contributed by atoms with Crippen molar-refractivity contribution >= 4 is 0 Å². The second kappa shape index (κ2) is 9.74. The van der Waals surface area contributed by atoms with Gasteiger partial charge in [-0.25, -0.2) is 0 Å². The average Bonchev–Trinajstić information content (AvgIpc) is 2.92. The summed E-state index contributed by atoms with van der Waals surface area (Å²) in [6.07, 6.45) is 5.40. The molecule has 0 atom stereocenters. The lowest BCUT2D eigenvalue weighted by atomic mass is 10.2. The lowest BCUT2D eigenvalue weighted by molar-refractivity contribution is -0.00000427. The molecule has 3 nitrogen and oxygen atoms in total. The molecule has 0 N–H and O–H groups in total. The van der Waals surface area contributed by atoms with Crippen molar-refractivity contribution in [2.24, 2.45) is 0 Å². The van der Waals surface area contributed by atoms with E-state index in [9.17, 15) is 0 Å². The quantitative estimate of drug-likeness (QED) is 0.611. The van der Waals surface area contributed by atoms with Crippen molar-refractivity contribution in [3.05, 3.63) is 55.0 Å². The van der Waals surface area contributed by atoms with E-state index < -0.39 is 0 Å². The van der Waals surface area contributed by atoms with Crippen molar-refractivity contribution < 1.29 is 17.0 Å². The Kier molecular flexibility index (Phi) is 8.31. The van der Waals surface area contributed by atoms with E-state index in [0.29, 0.717) is 0 Å². The number of halogens is 1. The van der Waals surface area contributed by atoms with Crippen molar-refractivity contribution in [3.8, 4) is 0 Å². The van der Waals surface area contributed by atoms with E-state index in [-0.39, 0.29) is 17.0 Å². The monoisotopic (exact) mass is 350 g/mol. The van der Waals surface area contributed by atoms with E-state index in [0.717, 1.165) is 32.7 Å². The van der Waals surface area contributed by atoms with Crippen LogP contribution in [-0.2, 0) is 6.54 Å². The largest absolute Gasteiger partial charge is 1.00 e. The van der Waals surface area contributed by atoms with Crippen molar-refractivity contribution in [2.45, 2.75) is 26.8 Å². The highest BCUT2D eigenvalue weighted by atomic mass is 79.9. The molecule has 1 aromatic carbocycles. The minimum Gasteiger partial charge on any atom is -1.00 e. The summed E-state index contributed by atoms with van der Waals surface area (Å²) in [5.41, 5.74) is 1.31. The molecule has 21 heavy (non-hydrogen) atoms. The van der Waals surface area contributed by atoms with Gasteiger partial charge in [-0.2, -0.15) is 0 Å². The molecule has 1 aliphatic heterocycles. The molecular weight excluding hydrogens is 326 g/mol. The maximum absolute atomic E-state index is 3.39. The Labute approximate surface area is 140 Å². The predicted molar refractivity (Wildman–Crippen MR) is 83.5 cm³/mol. The van der Waals surface area contributed by atoms with Crippen LogP contribution in [0.2, 0.25) is 0 Å².